The zero-order chi connectivity index (χ0) is 12.5. The minimum atomic E-state index is 0.747. The Hall–Kier alpha value is -1.28. The summed E-state index contributed by atoms with van der Waals surface area (Å²) in [6, 6.07) is 8.02. The summed E-state index contributed by atoms with van der Waals surface area (Å²) in [5.74, 6) is 1.89. The van der Waals surface area contributed by atoms with Crippen LogP contribution in [-0.2, 0) is 19.4 Å². The van der Waals surface area contributed by atoms with Crippen LogP contribution >= 0.6 is 11.6 Å². The lowest BCUT2D eigenvalue weighted by Crippen LogP contribution is -2.19. The van der Waals surface area contributed by atoms with Crippen LogP contribution in [-0.4, -0.2) is 9.55 Å². The fourth-order valence-corrected chi connectivity index (χ4v) is 2.83. The van der Waals surface area contributed by atoms with E-state index in [0.29, 0.717) is 0 Å². The van der Waals surface area contributed by atoms with Crippen LogP contribution in [0.15, 0.2) is 30.5 Å². The quantitative estimate of drug-likeness (QED) is 0.805. The summed E-state index contributed by atoms with van der Waals surface area (Å²) >= 11 is 6.22. The molecule has 1 atom stereocenters. The number of benzene rings is 1. The molecule has 0 aliphatic carbocycles. The number of halogens is 1. The number of rotatable bonds is 2. The van der Waals surface area contributed by atoms with Gasteiger partial charge in [-0.2, -0.15) is 0 Å². The van der Waals surface area contributed by atoms with Gasteiger partial charge in [-0.25, -0.2) is 4.98 Å². The topological polar surface area (TPSA) is 17.8 Å². The normalized spacial score (nSPS) is 18.7. The minimum absolute atomic E-state index is 0.747. The van der Waals surface area contributed by atoms with Crippen molar-refractivity contribution in [3.05, 3.63) is 52.6 Å². The third-order valence-corrected chi connectivity index (χ3v) is 4.08. The molecule has 1 aromatic carbocycles. The Morgan fingerprint density at radius 1 is 1.39 bits per heavy atom. The van der Waals surface area contributed by atoms with Gasteiger partial charge >= 0.3 is 0 Å². The molecule has 18 heavy (non-hydrogen) atoms. The van der Waals surface area contributed by atoms with E-state index in [0.717, 1.165) is 41.7 Å². The Bertz CT molecular complexity index is 559. The molecule has 1 aliphatic heterocycles. The lowest BCUT2D eigenvalue weighted by Gasteiger charge is -2.22. The highest BCUT2D eigenvalue weighted by Gasteiger charge is 2.18. The van der Waals surface area contributed by atoms with Gasteiger partial charge < -0.3 is 4.57 Å². The third-order valence-electron chi connectivity index (χ3n) is 3.71. The van der Waals surface area contributed by atoms with E-state index in [1.54, 1.807) is 0 Å². The highest BCUT2D eigenvalue weighted by molar-refractivity contribution is 6.31. The summed E-state index contributed by atoms with van der Waals surface area (Å²) in [5, 5.41) is 0.832. The first-order valence-electron chi connectivity index (χ1n) is 6.50. The second kappa shape index (κ2) is 4.77. The summed E-state index contributed by atoms with van der Waals surface area (Å²) in [5.41, 5.74) is 2.53. The first kappa shape index (κ1) is 11.8. The summed E-state index contributed by atoms with van der Waals surface area (Å²) in [6.07, 6.45) is 5.28. The SMILES string of the molecule is CC1CCc2cnc(Cc3ccccc3Cl)n2C1. The summed E-state index contributed by atoms with van der Waals surface area (Å²) in [4.78, 5) is 4.57. The highest BCUT2D eigenvalue weighted by atomic mass is 35.5. The Kier molecular flexibility index (Phi) is 3.13. The average Bonchev–Trinajstić information content (AvgIpc) is 2.75. The van der Waals surface area contributed by atoms with Crippen molar-refractivity contribution >= 4 is 11.6 Å². The van der Waals surface area contributed by atoms with Crippen molar-refractivity contribution in [1.29, 1.82) is 0 Å². The molecular weight excluding hydrogens is 244 g/mol. The highest BCUT2D eigenvalue weighted by Crippen LogP contribution is 2.24. The van der Waals surface area contributed by atoms with Crippen molar-refractivity contribution in [3.8, 4) is 0 Å². The van der Waals surface area contributed by atoms with Crippen LogP contribution in [0.5, 0.6) is 0 Å². The van der Waals surface area contributed by atoms with E-state index < -0.39 is 0 Å². The summed E-state index contributed by atoms with van der Waals surface area (Å²) in [7, 11) is 0. The van der Waals surface area contributed by atoms with Gasteiger partial charge in [0, 0.05) is 29.9 Å². The van der Waals surface area contributed by atoms with Crippen molar-refractivity contribution in [2.45, 2.75) is 32.7 Å². The molecule has 0 saturated carbocycles. The molecule has 0 N–H and O–H groups in total. The molecule has 1 unspecified atom stereocenters. The first-order valence-corrected chi connectivity index (χ1v) is 6.88. The average molecular weight is 261 g/mol. The molecule has 0 saturated heterocycles. The molecule has 1 aliphatic rings. The van der Waals surface area contributed by atoms with Gasteiger partial charge in [-0.15, -0.1) is 0 Å². The minimum Gasteiger partial charge on any atom is -0.332 e. The molecule has 0 spiro atoms. The van der Waals surface area contributed by atoms with Crippen molar-refractivity contribution in [2.24, 2.45) is 5.92 Å². The molecule has 0 fully saturated rings. The van der Waals surface area contributed by atoms with Crippen LogP contribution in [0, 0.1) is 5.92 Å². The lowest BCUT2D eigenvalue weighted by molar-refractivity contribution is 0.392. The van der Waals surface area contributed by atoms with E-state index in [1.165, 1.54) is 12.1 Å². The van der Waals surface area contributed by atoms with E-state index in [1.807, 2.05) is 24.4 Å². The van der Waals surface area contributed by atoms with Gasteiger partial charge in [0.1, 0.15) is 5.82 Å². The monoisotopic (exact) mass is 260 g/mol. The van der Waals surface area contributed by atoms with Gasteiger partial charge in [-0.05, 0) is 30.4 Å². The van der Waals surface area contributed by atoms with Crippen molar-refractivity contribution < 1.29 is 0 Å². The molecule has 2 heterocycles. The van der Waals surface area contributed by atoms with Crippen molar-refractivity contribution in [3.63, 3.8) is 0 Å². The zero-order valence-corrected chi connectivity index (χ0v) is 11.3. The smallest absolute Gasteiger partial charge is 0.113 e. The standard InChI is InChI=1S/C15H17ClN2/c1-11-6-7-13-9-17-15(18(13)10-11)8-12-4-2-3-5-14(12)16/h2-5,9,11H,6-8,10H2,1H3. The molecule has 3 heteroatoms. The molecule has 2 aromatic rings. The number of aromatic nitrogens is 2. The van der Waals surface area contributed by atoms with E-state index in [4.69, 9.17) is 11.6 Å². The van der Waals surface area contributed by atoms with Crippen LogP contribution < -0.4 is 0 Å². The van der Waals surface area contributed by atoms with Gasteiger partial charge in [0.15, 0.2) is 0 Å². The maximum Gasteiger partial charge on any atom is 0.113 e. The van der Waals surface area contributed by atoms with E-state index in [-0.39, 0.29) is 0 Å². The predicted octanol–water partition coefficient (Wildman–Crippen LogP) is 3.71. The number of fused-ring (bicyclic) bond motifs is 1. The third kappa shape index (κ3) is 2.17. The number of aryl methyl sites for hydroxylation is 1. The molecule has 94 valence electrons. The van der Waals surface area contributed by atoms with Crippen molar-refractivity contribution in [1.82, 2.24) is 9.55 Å². The molecule has 0 radical (unpaired) electrons. The first-order chi connectivity index (χ1) is 8.74. The second-order valence-corrected chi connectivity index (χ2v) is 5.60. The summed E-state index contributed by atoms with van der Waals surface area (Å²) < 4.78 is 2.37. The van der Waals surface area contributed by atoms with Gasteiger partial charge in [0.05, 0.1) is 0 Å². The molecule has 0 bridgehead atoms. The molecule has 1 aromatic heterocycles. The maximum absolute atomic E-state index is 6.22. The Morgan fingerprint density at radius 2 is 2.22 bits per heavy atom. The Balaban J connectivity index is 1.90. The lowest BCUT2D eigenvalue weighted by atomic mass is 10.00. The van der Waals surface area contributed by atoms with E-state index in [9.17, 15) is 0 Å². The van der Waals surface area contributed by atoms with Gasteiger partial charge in [0.25, 0.3) is 0 Å². The predicted molar refractivity (Wildman–Crippen MR) is 74.0 cm³/mol. The molecule has 2 nitrogen and oxygen atoms in total. The van der Waals surface area contributed by atoms with Crippen LogP contribution in [0.3, 0.4) is 0 Å². The van der Waals surface area contributed by atoms with Crippen LogP contribution in [0.1, 0.15) is 30.4 Å². The largest absolute Gasteiger partial charge is 0.332 e. The van der Waals surface area contributed by atoms with Gasteiger partial charge in [-0.1, -0.05) is 36.7 Å². The number of hydrogen-bond donors (Lipinski definition) is 0. The molecular formula is C15H17ClN2. The second-order valence-electron chi connectivity index (χ2n) is 5.19. The molecule has 0 amide bonds. The maximum atomic E-state index is 6.22. The van der Waals surface area contributed by atoms with Crippen molar-refractivity contribution in [2.75, 3.05) is 0 Å². The van der Waals surface area contributed by atoms with Crippen LogP contribution in [0.25, 0.3) is 0 Å². The fraction of sp³-hybridized carbons (Fsp3) is 0.400. The van der Waals surface area contributed by atoms with E-state index >= 15 is 0 Å². The number of nitrogens with zero attached hydrogens (tertiary/aromatic N) is 2. The Morgan fingerprint density at radius 3 is 3.06 bits per heavy atom. The van der Waals surface area contributed by atoms with Gasteiger partial charge in [0.2, 0.25) is 0 Å². The van der Waals surface area contributed by atoms with Crippen LogP contribution in [0.4, 0.5) is 0 Å². The zero-order valence-electron chi connectivity index (χ0n) is 10.6. The van der Waals surface area contributed by atoms with E-state index in [2.05, 4.69) is 22.5 Å². The molecule has 3 rings (SSSR count). The Labute approximate surface area is 113 Å². The number of hydrogen-bond acceptors (Lipinski definition) is 1. The van der Waals surface area contributed by atoms with Gasteiger partial charge in [-0.3, -0.25) is 0 Å². The summed E-state index contributed by atoms with van der Waals surface area (Å²) in [6.45, 7) is 3.40. The number of imidazole rings is 1. The fourth-order valence-electron chi connectivity index (χ4n) is 2.63. The van der Waals surface area contributed by atoms with Crippen LogP contribution in [0.2, 0.25) is 5.02 Å².